The predicted octanol–water partition coefficient (Wildman–Crippen LogP) is 6.44. The highest BCUT2D eigenvalue weighted by atomic mass is 32.2. The number of nitrogens with zero attached hydrogens (tertiary/aromatic N) is 7. The van der Waals surface area contributed by atoms with Gasteiger partial charge in [0.2, 0.25) is 0 Å². The second-order valence-electron chi connectivity index (χ2n) is 11.5. The standard InChI is InChI=1S/C31H24N8O17S3/c1-55-21-12-19(22(56-2)11-18(21)35-34-17-5-3-14(32)9-23(17)57(46,47)48)36-38-28-25(59(52,53)54)8-13-7-24(58(49,50)51)27(29(40)26(13)30(28)41)37-33-15-4-6-20(39(44)45)16(10-15)31(42)43/h3-12,40-41H,32H2,1-2H3,(H,42,43)(H,46,47,48)(H,49,50,51)(H,52,53,54). The van der Waals surface area contributed by atoms with Crippen LogP contribution < -0.4 is 15.2 Å². The molecule has 8 N–H and O–H groups in total. The van der Waals surface area contributed by atoms with E-state index in [0.717, 1.165) is 43.5 Å². The maximum Gasteiger partial charge on any atom is 0.342 e. The van der Waals surface area contributed by atoms with Gasteiger partial charge < -0.3 is 30.5 Å². The number of hydrogen-bond acceptors (Lipinski definition) is 20. The number of aromatic carboxylic acids is 1. The molecule has 0 bridgehead atoms. The number of fused-ring (bicyclic) bond motifs is 1. The zero-order valence-electron chi connectivity index (χ0n) is 29.4. The Balaban J connectivity index is 1.68. The first-order valence-electron chi connectivity index (χ1n) is 15.4. The largest absolute Gasteiger partial charge is 0.505 e. The molecule has 308 valence electrons. The van der Waals surface area contributed by atoms with Crippen LogP contribution in [0.3, 0.4) is 0 Å². The Morgan fingerprint density at radius 3 is 1.59 bits per heavy atom. The molecule has 5 aromatic rings. The van der Waals surface area contributed by atoms with Crippen LogP contribution in [-0.2, 0) is 30.4 Å². The molecular formula is C31H24N8O17S3. The number of nitrogen functional groups attached to an aromatic ring is 1. The molecule has 0 saturated heterocycles. The lowest BCUT2D eigenvalue weighted by atomic mass is 10.1. The minimum absolute atomic E-state index is 0.0125. The van der Waals surface area contributed by atoms with Crippen LogP contribution in [0, 0.1) is 10.1 Å². The Kier molecular flexibility index (Phi) is 11.6. The number of nitrogens with two attached hydrogens (primary N) is 1. The monoisotopic (exact) mass is 876 g/mol. The average Bonchev–Trinajstić information content (AvgIpc) is 3.14. The van der Waals surface area contributed by atoms with Crippen LogP contribution in [0.5, 0.6) is 23.0 Å². The molecule has 25 nitrogen and oxygen atoms in total. The van der Waals surface area contributed by atoms with Gasteiger partial charge in [-0.2, -0.15) is 30.4 Å². The van der Waals surface area contributed by atoms with E-state index < -0.39 is 107 Å². The number of benzene rings is 5. The van der Waals surface area contributed by atoms with Crippen molar-refractivity contribution in [2.24, 2.45) is 30.7 Å². The zero-order valence-corrected chi connectivity index (χ0v) is 31.8. The number of carboxylic acid groups (broad SMARTS) is 1. The topological polar surface area (TPSA) is 403 Å². The van der Waals surface area contributed by atoms with E-state index in [2.05, 4.69) is 30.7 Å². The number of nitro benzene ring substituents is 1. The molecule has 0 heterocycles. The van der Waals surface area contributed by atoms with E-state index >= 15 is 0 Å². The molecule has 59 heavy (non-hydrogen) atoms. The van der Waals surface area contributed by atoms with Gasteiger partial charge in [0.05, 0.1) is 30.2 Å². The first-order chi connectivity index (χ1) is 27.5. The third-order valence-electron chi connectivity index (χ3n) is 7.74. The number of carboxylic acids is 1. The average molecular weight is 877 g/mol. The number of aromatic hydroxyl groups is 2. The molecule has 0 spiro atoms. The normalized spacial score (nSPS) is 12.5. The Morgan fingerprint density at radius 1 is 0.661 bits per heavy atom. The summed E-state index contributed by atoms with van der Waals surface area (Å²) < 4.78 is 114. The minimum Gasteiger partial charge on any atom is -0.505 e. The molecule has 5 rings (SSSR count). The number of rotatable bonds is 13. The van der Waals surface area contributed by atoms with Crippen LogP contribution in [0.4, 0.5) is 45.5 Å². The van der Waals surface area contributed by atoms with E-state index in [1.807, 2.05) is 0 Å². The third-order valence-corrected chi connectivity index (χ3v) is 10.4. The van der Waals surface area contributed by atoms with E-state index in [4.69, 9.17) is 15.2 Å². The maximum atomic E-state index is 12.5. The molecule has 28 heteroatoms. The fraction of sp³-hybridized carbons (Fsp3) is 0.0645. The van der Waals surface area contributed by atoms with Gasteiger partial charge in [0, 0.05) is 23.9 Å². The first-order valence-corrected chi connectivity index (χ1v) is 19.7. The molecule has 0 aliphatic heterocycles. The lowest BCUT2D eigenvalue weighted by Crippen LogP contribution is -2.02. The van der Waals surface area contributed by atoms with Crippen LogP contribution in [0.25, 0.3) is 10.8 Å². The number of phenolic OH excluding ortho intramolecular Hbond substituents is 2. The molecule has 0 saturated carbocycles. The van der Waals surface area contributed by atoms with Gasteiger partial charge in [-0.25, -0.2) is 4.79 Å². The summed E-state index contributed by atoms with van der Waals surface area (Å²) in [6.45, 7) is 0. The number of azo groups is 3. The number of carbonyl (C=O) groups is 1. The van der Waals surface area contributed by atoms with Gasteiger partial charge in [0.1, 0.15) is 60.2 Å². The fourth-order valence-electron chi connectivity index (χ4n) is 5.13. The van der Waals surface area contributed by atoms with E-state index in [1.54, 1.807) is 0 Å². The number of phenols is 2. The first kappa shape index (κ1) is 42.9. The van der Waals surface area contributed by atoms with Gasteiger partial charge in [-0.1, -0.05) is 0 Å². The summed E-state index contributed by atoms with van der Waals surface area (Å²) in [7, 11) is -13.2. The molecule has 0 aromatic heterocycles. The van der Waals surface area contributed by atoms with Crippen molar-refractivity contribution in [2.45, 2.75) is 14.7 Å². The Hall–Kier alpha value is -7.24. The van der Waals surface area contributed by atoms with Crippen LogP contribution in [0.15, 0.2) is 106 Å². The smallest absolute Gasteiger partial charge is 0.342 e. The quantitative estimate of drug-likeness (QED) is 0.0220. The summed E-state index contributed by atoms with van der Waals surface area (Å²) in [5, 5.41) is 64.2. The van der Waals surface area contributed by atoms with E-state index in [9.17, 15) is 69.1 Å². The third kappa shape index (κ3) is 9.01. The molecule has 0 aliphatic rings. The van der Waals surface area contributed by atoms with Crippen molar-refractivity contribution in [1.29, 1.82) is 0 Å². The molecule has 0 radical (unpaired) electrons. The molecule has 0 fully saturated rings. The van der Waals surface area contributed by atoms with Gasteiger partial charge in [-0.15, -0.1) is 25.6 Å². The van der Waals surface area contributed by atoms with E-state index in [1.165, 1.54) is 13.2 Å². The van der Waals surface area contributed by atoms with Crippen molar-refractivity contribution < 1.29 is 73.4 Å². The SMILES string of the molecule is COc1cc(N=Nc2c(S(=O)(=O)O)cc3cc(S(=O)(=O)O)c(N=Nc4ccc([N+](=O)[O-])c(C(=O)O)c4)c(O)c3c2O)c(OC)cc1N=Nc1ccc(N)cc1S(=O)(=O)O. The molecule has 0 atom stereocenters. The van der Waals surface area contributed by atoms with Crippen molar-refractivity contribution in [3.05, 3.63) is 76.3 Å². The van der Waals surface area contributed by atoms with Crippen LogP contribution in [0.2, 0.25) is 0 Å². The summed E-state index contributed by atoms with van der Waals surface area (Å²) in [5.41, 5.74) is 0.581. The molecule has 5 aromatic carbocycles. The summed E-state index contributed by atoms with van der Waals surface area (Å²) >= 11 is 0. The summed E-state index contributed by atoms with van der Waals surface area (Å²) in [4.78, 5) is 18.7. The Morgan fingerprint density at radius 2 is 1.14 bits per heavy atom. The lowest BCUT2D eigenvalue weighted by Gasteiger charge is -2.13. The second kappa shape index (κ2) is 16.0. The van der Waals surface area contributed by atoms with Gasteiger partial charge >= 0.3 is 5.97 Å². The highest BCUT2D eigenvalue weighted by Gasteiger charge is 2.29. The van der Waals surface area contributed by atoms with Gasteiger partial charge in [-0.05, 0) is 47.9 Å². The van der Waals surface area contributed by atoms with Crippen molar-refractivity contribution >= 4 is 92.6 Å². The summed E-state index contributed by atoms with van der Waals surface area (Å²) in [6.07, 6.45) is 0. The number of hydrogen-bond donors (Lipinski definition) is 7. The van der Waals surface area contributed by atoms with Gasteiger partial charge in [0.25, 0.3) is 36.0 Å². The van der Waals surface area contributed by atoms with Crippen molar-refractivity contribution in [2.75, 3.05) is 20.0 Å². The Bertz CT molecular complexity index is 3050. The fourth-order valence-corrected chi connectivity index (χ4v) is 7.10. The van der Waals surface area contributed by atoms with Gasteiger partial charge in [0.15, 0.2) is 11.5 Å². The lowest BCUT2D eigenvalue weighted by molar-refractivity contribution is -0.385. The van der Waals surface area contributed by atoms with E-state index in [0.29, 0.717) is 18.2 Å². The number of methoxy groups -OCH3 is 2. The minimum atomic E-state index is -5.37. The van der Waals surface area contributed by atoms with Crippen LogP contribution >= 0.6 is 0 Å². The number of anilines is 1. The van der Waals surface area contributed by atoms with Crippen molar-refractivity contribution in [1.82, 2.24) is 0 Å². The highest BCUT2D eigenvalue weighted by Crippen LogP contribution is 2.51. The zero-order chi connectivity index (χ0) is 43.8. The van der Waals surface area contributed by atoms with Crippen LogP contribution in [-0.4, -0.2) is 79.3 Å². The second-order valence-corrected chi connectivity index (χ2v) is 15.6. The highest BCUT2D eigenvalue weighted by molar-refractivity contribution is 7.86. The molecule has 0 unspecified atom stereocenters. The molecular weight excluding hydrogens is 853 g/mol. The number of nitro groups is 1. The molecule has 0 amide bonds. The Labute approximate surface area is 329 Å². The van der Waals surface area contributed by atoms with Crippen molar-refractivity contribution in [3.63, 3.8) is 0 Å². The van der Waals surface area contributed by atoms with Crippen molar-refractivity contribution in [3.8, 4) is 23.0 Å². The van der Waals surface area contributed by atoms with Crippen LogP contribution in [0.1, 0.15) is 10.4 Å². The van der Waals surface area contributed by atoms with Gasteiger partial charge in [-0.3, -0.25) is 23.8 Å². The maximum absolute atomic E-state index is 12.5. The summed E-state index contributed by atoms with van der Waals surface area (Å²) in [5.74, 6) is -4.63. The predicted molar refractivity (Wildman–Crippen MR) is 200 cm³/mol. The van der Waals surface area contributed by atoms with E-state index in [-0.39, 0.29) is 34.2 Å². The number of ether oxygens (including phenoxy) is 2. The molecule has 0 aliphatic carbocycles. The summed E-state index contributed by atoms with van der Waals surface area (Å²) in [6, 6.07) is 9.03.